The van der Waals surface area contributed by atoms with Gasteiger partial charge in [-0.15, -0.1) is 0 Å². The average Bonchev–Trinajstić information content (AvgIpc) is 2.81. The summed E-state index contributed by atoms with van der Waals surface area (Å²) in [6, 6.07) is 6.14. The van der Waals surface area contributed by atoms with Gasteiger partial charge in [0.15, 0.2) is 0 Å². The van der Waals surface area contributed by atoms with Crippen LogP contribution in [0.2, 0.25) is 0 Å². The molecule has 1 saturated heterocycles. The number of para-hydroxylation sites is 1. The lowest BCUT2D eigenvalue weighted by Crippen LogP contribution is -2.42. The number of carbonyl (C=O) groups excluding carboxylic acids is 1. The second-order valence-corrected chi connectivity index (χ2v) is 4.95. The predicted molar refractivity (Wildman–Crippen MR) is 70.5 cm³/mol. The highest BCUT2D eigenvalue weighted by molar-refractivity contribution is 9.10. The molecule has 0 aliphatic carbocycles. The third kappa shape index (κ3) is 2.64. The maximum Gasteiger partial charge on any atom is 0.326 e. The molecular weight excluding hydrogens is 300 g/mol. The molecule has 0 spiro atoms. The van der Waals surface area contributed by atoms with Gasteiger partial charge in [0.2, 0.25) is 0 Å². The number of halogens is 1. The number of hydrogen-bond acceptors (Lipinski definition) is 2. The van der Waals surface area contributed by atoms with Crippen molar-refractivity contribution in [3.8, 4) is 0 Å². The van der Waals surface area contributed by atoms with Crippen LogP contribution in [-0.4, -0.2) is 34.6 Å². The standard InChI is InChI=1S/C12H13BrN2O3/c13-8-4-1-2-5-9(8)14-12(18)15-7-3-6-10(15)11(16)17/h1-2,4-5,10H,3,6-7H2,(H,14,18)(H,16,17). The molecule has 0 saturated carbocycles. The van der Waals surface area contributed by atoms with Crippen LogP contribution >= 0.6 is 15.9 Å². The van der Waals surface area contributed by atoms with Crippen LogP contribution in [0.1, 0.15) is 12.8 Å². The van der Waals surface area contributed by atoms with Gasteiger partial charge in [0, 0.05) is 11.0 Å². The quantitative estimate of drug-likeness (QED) is 0.881. The van der Waals surface area contributed by atoms with E-state index in [4.69, 9.17) is 5.11 Å². The van der Waals surface area contributed by atoms with E-state index in [2.05, 4.69) is 21.2 Å². The summed E-state index contributed by atoms with van der Waals surface area (Å²) >= 11 is 3.33. The number of urea groups is 1. The molecule has 18 heavy (non-hydrogen) atoms. The van der Waals surface area contributed by atoms with E-state index in [0.717, 1.165) is 10.9 Å². The molecule has 1 heterocycles. The van der Waals surface area contributed by atoms with E-state index < -0.39 is 12.0 Å². The number of carbonyl (C=O) groups is 2. The summed E-state index contributed by atoms with van der Waals surface area (Å²) in [7, 11) is 0. The summed E-state index contributed by atoms with van der Waals surface area (Å²) in [5, 5.41) is 11.7. The number of carboxylic acid groups (broad SMARTS) is 1. The van der Waals surface area contributed by atoms with Crippen molar-refractivity contribution in [2.75, 3.05) is 11.9 Å². The molecule has 6 heteroatoms. The first-order valence-electron chi connectivity index (χ1n) is 5.64. The Morgan fingerprint density at radius 3 is 2.78 bits per heavy atom. The highest BCUT2D eigenvalue weighted by atomic mass is 79.9. The van der Waals surface area contributed by atoms with E-state index in [-0.39, 0.29) is 6.03 Å². The summed E-state index contributed by atoms with van der Waals surface area (Å²) in [5.74, 6) is -0.949. The highest BCUT2D eigenvalue weighted by Crippen LogP contribution is 2.23. The van der Waals surface area contributed by atoms with Gasteiger partial charge in [0.05, 0.1) is 5.69 Å². The zero-order valence-corrected chi connectivity index (χ0v) is 11.2. The molecule has 1 aromatic carbocycles. The molecule has 0 bridgehead atoms. The third-order valence-electron chi connectivity index (χ3n) is 2.91. The van der Waals surface area contributed by atoms with Crippen molar-refractivity contribution in [3.63, 3.8) is 0 Å². The number of benzene rings is 1. The summed E-state index contributed by atoms with van der Waals surface area (Å²) in [5.41, 5.74) is 0.638. The van der Waals surface area contributed by atoms with E-state index in [1.54, 1.807) is 12.1 Å². The number of carboxylic acids is 1. The van der Waals surface area contributed by atoms with E-state index in [9.17, 15) is 9.59 Å². The molecule has 5 nitrogen and oxygen atoms in total. The fourth-order valence-corrected chi connectivity index (χ4v) is 2.40. The van der Waals surface area contributed by atoms with Crippen LogP contribution in [0.15, 0.2) is 28.7 Å². The van der Waals surface area contributed by atoms with Crippen LogP contribution in [0.3, 0.4) is 0 Å². The number of nitrogens with one attached hydrogen (secondary N) is 1. The summed E-state index contributed by atoms with van der Waals surface area (Å²) in [6.07, 6.45) is 1.24. The van der Waals surface area contributed by atoms with Crippen molar-refractivity contribution >= 4 is 33.6 Å². The first-order chi connectivity index (χ1) is 8.59. The Hall–Kier alpha value is -1.56. The Morgan fingerprint density at radius 1 is 1.39 bits per heavy atom. The molecule has 2 N–H and O–H groups in total. The second kappa shape index (κ2) is 5.39. The van der Waals surface area contributed by atoms with Gasteiger partial charge in [0.1, 0.15) is 6.04 Å². The summed E-state index contributed by atoms with van der Waals surface area (Å²) in [6.45, 7) is 0.479. The molecule has 96 valence electrons. The Labute approximate surface area is 113 Å². The lowest BCUT2D eigenvalue weighted by Gasteiger charge is -2.22. The molecule has 0 aromatic heterocycles. The summed E-state index contributed by atoms with van der Waals surface area (Å²) in [4.78, 5) is 24.4. The topological polar surface area (TPSA) is 69.6 Å². The highest BCUT2D eigenvalue weighted by Gasteiger charge is 2.34. The van der Waals surface area contributed by atoms with Crippen molar-refractivity contribution in [3.05, 3.63) is 28.7 Å². The number of likely N-dealkylation sites (tertiary alicyclic amines) is 1. The minimum Gasteiger partial charge on any atom is -0.480 e. The van der Waals surface area contributed by atoms with Gasteiger partial charge < -0.3 is 15.3 Å². The van der Waals surface area contributed by atoms with Gasteiger partial charge in [-0.3, -0.25) is 0 Å². The number of aliphatic carboxylic acids is 1. The van der Waals surface area contributed by atoms with Crippen LogP contribution in [0.5, 0.6) is 0 Å². The lowest BCUT2D eigenvalue weighted by molar-refractivity contribution is -0.141. The van der Waals surface area contributed by atoms with Crippen molar-refractivity contribution in [2.24, 2.45) is 0 Å². The largest absolute Gasteiger partial charge is 0.480 e. The molecule has 1 atom stereocenters. The van der Waals surface area contributed by atoms with Crippen molar-refractivity contribution in [2.45, 2.75) is 18.9 Å². The van der Waals surface area contributed by atoms with Crippen molar-refractivity contribution in [1.29, 1.82) is 0 Å². The summed E-state index contributed by atoms with van der Waals surface area (Å²) < 4.78 is 0.768. The third-order valence-corrected chi connectivity index (χ3v) is 3.61. The molecule has 0 radical (unpaired) electrons. The molecular formula is C12H13BrN2O3. The maximum absolute atomic E-state index is 12.0. The average molecular weight is 313 g/mol. The normalized spacial score (nSPS) is 18.7. The van der Waals surface area contributed by atoms with E-state index in [1.807, 2.05) is 12.1 Å². The predicted octanol–water partition coefficient (Wildman–Crippen LogP) is 2.53. The monoisotopic (exact) mass is 312 g/mol. The van der Waals surface area contributed by atoms with Gasteiger partial charge in [-0.2, -0.15) is 0 Å². The number of hydrogen-bond donors (Lipinski definition) is 2. The van der Waals surface area contributed by atoms with Gasteiger partial charge in [-0.05, 0) is 40.9 Å². The fraction of sp³-hybridized carbons (Fsp3) is 0.333. The smallest absolute Gasteiger partial charge is 0.326 e. The zero-order chi connectivity index (χ0) is 13.1. The Kier molecular flexibility index (Phi) is 3.86. The minimum atomic E-state index is -0.949. The van der Waals surface area contributed by atoms with Crippen LogP contribution in [0.25, 0.3) is 0 Å². The fourth-order valence-electron chi connectivity index (χ4n) is 2.02. The van der Waals surface area contributed by atoms with Crippen LogP contribution in [0, 0.1) is 0 Å². The number of rotatable bonds is 2. The first kappa shape index (κ1) is 12.9. The van der Waals surface area contributed by atoms with Gasteiger partial charge in [-0.25, -0.2) is 9.59 Å². The second-order valence-electron chi connectivity index (χ2n) is 4.10. The van der Waals surface area contributed by atoms with Crippen LogP contribution in [-0.2, 0) is 4.79 Å². The SMILES string of the molecule is O=C(O)C1CCCN1C(=O)Nc1ccccc1Br. The van der Waals surface area contributed by atoms with Gasteiger partial charge in [-0.1, -0.05) is 12.1 Å². The zero-order valence-electron chi connectivity index (χ0n) is 9.60. The van der Waals surface area contributed by atoms with Crippen LogP contribution < -0.4 is 5.32 Å². The van der Waals surface area contributed by atoms with Gasteiger partial charge >= 0.3 is 12.0 Å². The molecule has 2 amide bonds. The van der Waals surface area contributed by atoms with E-state index in [1.165, 1.54) is 4.90 Å². The number of nitrogens with zero attached hydrogens (tertiary/aromatic N) is 1. The number of anilines is 1. The minimum absolute atomic E-state index is 0.369. The van der Waals surface area contributed by atoms with E-state index >= 15 is 0 Å². The molecule has 2 rings (SSSR count). The number of amides is 2. The van der Waals surface area contributed by atoms with Crippen molar-refractivity contribution in [1.82, 2.24) is 4.90 Å². The van der Waals surface area contributed by atoms with Gasteiger partial charge in [0.25, 0.3) is 0 Å². The van der Waals surface area contributed by atoms with Crippen molar-refractivity contribution < 1.29 is 14.7 Å². The van der Waals surface area contributed by atoms with Crippen LogP contribution in [0.4, 0.5) is 10.5 Å². The Bertz CT molecular complexity index is 478. The molecule has 1 aromatic rings. The molecule has 1 fully saturated rings. The maximum atomic E-state index is 12.0. The molecule has 1 aliphatic rings. The Morgan fingerprint density at radius 2 is 2.11 bits per heavy atom. The van der Waals surface area contributed by atoms with E-state index in [0.29, 0.717) is 18.7 Å². The molecule has 1 unspecified atom stereocenters. The molecule has 1 aliphatic heterocycles. The first-order valence-corrected chi connectivity index (χ1v) is 6.44. The lowest BCUT2D eigenvalue weighted by atomic mass is 10.2. The Balaban J connectivity index is 2.08.